The Morgan fingerprint density at radius 2 is 2.08 bits per heavy atom. The normalized spacial score (nSPS) is 17.0. The van der Waals surface area contributed by atoms with Crippen LogP contribution in [0, 0.1) is 0 Å². The fraction of sp³-hybridized carbons (Fsp3) is 0.529. The Morgan fingerprint density at radius 3 is 2.62 bits per heavy atom. The molecular formula is C17H21F3N2O3S. The second-order valence-electron chi connectivity index (χ2n) is 6.11. The van der Waals surface area contributed by atoms with Gasteiger partial charge in [0.15, 0.2) is 0 Å². The van der Waals surface area contributed by atoms with Crippen LogP contribution in [0.25, 0.3) is 0 Å². The van der Waals surface area contributed by atoms with Gasteiger partial charge < -0.3 is 4.90 Å². The maximum absolute atomic E-state index is 12.9. The number of hydrogen-bond donors (Lipinski definition) is 2. The molecule has 144 valence electrons. The molecule has 0 aliphatic carbocycles. The molecule has 2 rings (SSSR count). The Hall–Kier alpha value is -1.74. The highest BCUT2D eigenvalue weighted by Crippen LogP contribution is 2.39. The van der Waals surface area contributed by atoms with Crippen LogP contribution in [-0.2, 0) is 11.2 Å². The van der Waals surface area contributed by atoms with Crippen molar-refractivity contribution in [1.29, 1.82) is 0 Å². The lowest BCUT2D eigenvalue weighted by Crippen LogP contribution is -2.57. The number of unbranched alkanes of at least 4 members (excludes halogenated alkanes) is 2. The zero-order valence-electron chi connectivity index (χ0n) is 14.3. The summed E-state index contributed by atoms with van der Waals surface area (Å²) in [4.78, 5) is 25.3. The molecule has 1 aliphatic rings. The highest BCUT2D eigenvalue weighted by Gasteiger charge is 2.38. The van der Waals surface area contributed by atoms with E-state index in [0.717, 1.165) is 19.3 Å². The van der Waals surface area contributed by atoms with Gasteiger partial charge in [-0.3, -0.25) is 14.8 Å². The molecule has 1 aromatic carbocycles. The van der Waals surface area contributed by atoms with Crippen molar-refractivity contribution in [3.05, 3.63) is 29.3 Å². The standard InChI is InChI=1S/C17H21F3N2O3S/c1-2-3-4-5-11-6-7-12(10-14(11)26-17(18,19)20)16(24)22-9-8-13(22)15(23)21-25/h6-7,10,13,25H,2-5,8-9H2,1H3,(H,21,23)/t13-/m1/s1. The number of halogens is 3. The first-order valence-corrected chi connectivity index (χ1v) is 9.22. The molecule has 0 unspecified atom stereocenters. The number of carbonyl (C=O) groups excluding carboxylic acids is 2. The van der Waals surface area contributed by atoms with Crippen molar-refractivity contribution in [2.45, 2.75) is 55.5 Å². The topological polar surface area (TPSA) is 69.6 Å². The van der Waals surface area contributed by atoms with Gasteiger partial charge in [0.2, 0.25) is 0 Å². The molecular weight excluding hydrogens is 369 g/mol. The van der Waals surface area contributed by atoms with Gasteiger partial charge in [0.1, 0.15) is 6.04 Å². The van der Waals surface area contributed by atoms with E-state index in [1.807, 2.05) is 6.92 Å². The first-order chi connectivity index (χ1) is 12.3. The summed E-state index contributed by atoms with van der Waals surface area (Å²) in [7, 11) is 0. The van der Waals surface area contributed by atoms with Crippen LogP contribution in [0.15, 0.2) is 23.1 Å². The number of hydroxylamine groups is 1. The van der Waals surface area contributed by atoms with Gasteiger partial charge in [0.25, 0.3) is 11.8 Å². The molecule has 1 saturated heterocycles. The van der Waals surface area contributed by atoms with Crippen LogP contribution in [0.3, 0.4) is 0 Å². The molecule has 0 spiro atoms. The number of likely N-dealkylation sites (tertiary alicyclic amines) is 1. The van der Waals surface area contributed by atoms with Crippen LogP contribution < -0.4 is 5.48 Å². The van der Waals surface area contributed by atoms with E-state index < -0.39 is 23.4 Å². The van der Waals surface area contributed by atoms with Crippen molar-refractivity contribution in [1.82, 2.24) is 10.4 Å². The summed E-state index contributed by atoms with van der Waals surface area (Å²) in [6, 6.07) is 3.50. The third-order valence-corrected chi connectivity index (χ3v) is 5.11. The highest BCUT2D eigenvalue weighted by molar-refractivity contribution is 8.00. The second kappa shape index (κ2) is 8.77. The summed E-state index contributed by atoms with van der Waals surface area (Å²) in [6.07, 6.45) is 3.57. The zero-order chi connectivity index (χ0) is 19.3. The molecule has 1 heterocycles. The molecule has 0 radical (unpaired) electrons. The summed E-state index contributed by atoms with van der Waals surface area (Å²) in [5.41, 5.74) is -2.29. The van der Waals surface area contributed by atoms with Crippen molar-refractivity contribution >= 4 is 23.6 Å². The predicted molar refractivity (Wildman–Crippen MR) is 91.0 cm³/mol. The summed E-state index contributed by atoms with van der Waals surface area (Å²) in [6.45, 7) is 2.33. The van der Waals surface area contributed by atoms with Gasteiger partial charge in [-0.05, 0) is 48.7 Å². The zero-order valence-corrected chi connectivity index (χ0v) is 15.1. The molecule has 1 aliphatic heterocycles. The average Bonchev–Trinajstić information content (AvgIpc) is 2.53. The Bertz CT molecular complexity index is 667. The molecule has 0 aromatic heterocycles. The molecule has 5 nitrogen and oxygen atoms in total. The van der Waals surface area contributed by atoms with Crippen molar-refractivity contribution in [2.24, 2.45) is 0 Å². The van der Waals surface area contributed by atoms with Gasteiger partial charge in [0, 0.05) is 17.0 Å². The molecule has 2 amide bonds. The van der Waals surface area contributed by atoms with Crippen LogP contribution in [0.4, 0.5) is 13.2 Å². The van der Waals surface area contributed by atoms with Crippen LogP contribution in [-0.4, -0.2) is 40.0 Å². The lowest BCUT2D eigenvalue weighted by Gasteiger charge is -2.39. The summed E-state index contributed by atoms with van der Waals surface area (Å²) < 4.78 is 38.6. The molecule has 26 heavy (non-hydrogen) atoms. The number of alkyl halides is 3. The van der Waals surface area contributed by atoms with Gasteiger partial charge in [0.05, 0.1) is 0 Å². The molecule has 1 fully saturated rings. The van der Waals surface area contributed by atoms with E-state index in [1.165, 1.54) is 22.5 Å². The predicted octanol–water partition coefficient (Wildman–Crippen LogP) is 3.75. The third-order valence-electron chi connectivity index (χ3n) is 4.28. The largest absolute Gasteiger partial charge is 0.446 e. The fourth-order valence-electron chi connectivity index (χ4n) is 2.82. The van der Waals surface area contributed by atoms with Crippen molar-refractivity contribution in [3.63, 3.8) is 0 Å². The van der Waals surface area contributed by atoms with E-state index in [4.69, 9.17) is 5.21 Å². The Balaban J connectivity index is 2.22. The van der Waals surface area contributed by atoms with E-state index in [0.29, 0.717) is 24.9 Å². The molecule has 2 N–H and O–H groups in total. The molecule has 1 aromatic rings. The van der Waals surface area contributed by atoms with Gasteiger partial charge in [-0.1, -0.05) is 25.8 Å². The average molecular weight is 390 g/mol. The second-order valence-corrected chi connectivity index (χ2v) is 7.21. The number of nitrogens with one attached hydrogen (secondary N) is 1. The number of carbonyl (C=O) groups is 2. The SMILES string of the molecule is CCCCCc1ccc(C(=O)N2CC[C@@H]2C(=O)NO)cc1SC(F)(F)F. The molecule has 0 bridgehead atoms. The first kappa shape index (κ1) is 20.6. The van der Waals surface area contributed by atoms with Crippen LogP contribution in [0.5, 0.6) is 0 Å². The van der Waals surface area contributed by atoms with Crippen LogP contribution in [0.2, 0.25) is 0 Å². The van der Waals surface area contributed by atoms with Crippen LogP contribution >= 0.6 is 11.8 Å². The summed E-state index contributed by atoms with van der Waals surface area (Å²) in [5, 5.41) is 8.69. The van der Waals surface area contributed by atoms with E-state index in [1.54, 1.807) is 6.07 Å². The number of thioether (sulfide) groups is 1. The lowest BCUT2D eigenvalue weighted by molar-refractivity contribution is -0.137. The number of nitrogens with zero attached hydrogens (tertiary/aromatic N) is 1. The number of hydrogen-bond acceptors (Lipinski definition) is 4. The maximum atomic E-state index is 12.9. The number of amides is 2. The number of rotatable bonds is 7. The van der Waals surface area contributed by atoms with Gasteiger partial charge in [-0.25, -0.2) is 5.48 Å². The van der Waals surface area contributed by atoms with Crippen molar-refractivity contribution in [2.75, 3.05) is 6.54 Å². The van der Waals surface area contributed by atoms with Crippen molar-refractivity contribution in [3.8, 4) is 0 Å². The van der Waals surface area contributed by atoms with E-state index in [9.17, 15) is 22.8 Å². The molecule has 1 atom stereocenters. The monoisotopic (exact) mass is 390 g/mol. The van der Waals surface area contributed by atoms with Gasteiger partial charge in [-0.2, -0.15) is 13.2 Å². The Kier molecular flexibility index (Phi) is 6.94. The van der Waals surface area contributed by atoms with E-state index in [2.05, 4.69) is 0 Å². The Morgan fingerprint density at radius 1 is 1.35 bits per heavy atom. The van der Waals surface area contributed by atoms with Crippen LogP contribution in [0.1, 0.15) is 48.5 Å². The quantitative estimate of drug-likeness (QED) is 0.322. The Labute approximate surface area is 153 Å². The number of benzene rings is 1. The minimum absolute atomic E-state index is 0.0168. The fourth-order valence-corrected chi connectivity index (χ4v) is 3.56. The van der Waals surface area contributed by atoms with E-state index in [-0.39, 0.29) is 22.2 Å². The molecule has 0 saturated carbocycles. The summed E-state index contributed by atoms with van der Waals surface area (Å²) >= 11 is -0.224. The maximum Gasteiger partial charge on any atom is 0.446 e. The van der Waals surface area contributed by atoms with Crippen molar-refractivity contribution < 1.29 is 28.0 Å². The van der Waals surface area contributed by atoms with Gasteiger partial charge >= 0.3 is 5.51 Å². The smallest absolute Gasteiger partial charge is 0.326 e. The summed E-state index contributed by atoms with van der Waals surface area (Å²) in [5.74, 6) is -1.22. The minimum atomic E-state index is -4.45. The lowest BCUT2D eigenvalue weighted by atomic mass is 9.99. The number of aryl methyl sites for hydroxylation is 1. The first-order valence-electron chi connectivity index (χ1n) is 8.40. The highest BCUT2D eigenvalue weighted by atomic mass is 32.2. The minimum Gasteiger partial charge on any atom is -0.326 e. The van der Waals surface area contributed by atoms with Gasteiger partial charge in [-0.15, -0.1) is 0 Å². The van der Waals surface area contributed by atoms with E-state index >= 15 is 0 Å². The molecule has 9 heteroatoms. The third kappa shape index (κ3) is 5.14.